The molecule has 0 saturated heterocycles. The van der Waals surface area contributed by atoms with E-state index in [0.717, 1.165) is 28.6 Å². The summed E-state index contributed by atoms with van der Waals surface area (Å²) in [5.74, 6) is 2.29. The fraction of sp³-hybridized carbons (Fsp3) is 0.174. The van der Waals surface area contributed by atoms with Crippen molar-refractivity contribution in [3.63, 3.8) is 0 Å². The molecule has 0 spiro atoms. The van der Waals surface area contributed by atoms with Crippen molar-refractivity contribution in [3.05, 3.63) is 77.7 Å². The Kier molecular flexibility index (Phi) is 4.33. The van der Waals surface area contributed by atoms with E-state index in [1.54, 1.807) is 7.11 Å². The number of aryl methyl sites for hydroxylation is 1. The first-order valence-electron chi connectivity index (χ1n) is 9.60. The van der Waals surface area contributed by atoms with E-state index in [1.165, 1.54) is 16.7 Å². The highest BCUT2D eigenvalue weighted by atomic mass is 16.5. The van der Waals surface area contributed by atoms with Gasteiger partial charge in [-0.15, -0.1) is 10.2 Å². The van der Waals surface area contributed by atoms with Gasteiger partial charge in [0, 0.05) is 18.2 Å². The zero-order valence-electron chi connectivity index (χ0n) is 16.4. The van der Waals surface area contributed by atoms with E-state index < -0.39 is 0 Å². The summed E-state index contributed by atoms with van der Waals surface area (Å²) in [6.07, 6.45) is 0. The number of fused-ring (bicyclic) bond motifs is 3. The normalized spacial score (nSPS) is 12.8. The molecule has 0 aliphatic carbocycles. The maximum atomic E-state index is 5.29. The largest absolute Gasteiger partial charge is 0.481 e. The maximum Gasteiger partial charge on any atom is 0.213 e. The van der Waals surface area contributed by atoms with Gasteiger partial charge in [0.15, 0.2) is 11.6 Å². The molecule has 144 valence electrons. The molecular weight excluding hydrogens is 362 g/mol. The molecule has 0 fully saturated rings. The van der Waals surface area contributed by atoms with Crippen LogP contribution in [-0.2, 0) is 13.1 Å². The standard InChI is InChI=1S/C23H21N5O/c1-15-5-3-4-6-18(15)16-7-9-17(10-8-16)23-27-26-21-14-24-13-19-20(28(21)23)11-12-22(25-19)29-2/h3-12,24H,13-14H2,1-2H3. The fourth-order valence-electron chi connectivity index (χ4n) is 3.78. The Morgan fingerprint density at radius 3 is 2.48 bits per heavy atom. The third-order valence-corrected chi connectivity index (χ3v) is 5.28. The van der Waals surface area contributed by atoms with Gasteiger partial charge in [-0.1, -0.05) is 48.5 Å². The van der Waals surface area contributed by atoms with Crippen LogP contribution in [0.4, 0.5) is 0 Å². The third kappa shape index (κ3) is 3.07. The van der Waals surface area contributed by atoms with Crippen molar-refractivity contribution in [1.29, 1.82) is 0 Å². The Morgan fingerprint density at radius 1 is 0.897 bits per heavy atom. The second-order valence-electron chi connectivity index (χ2n) is 7.09. The van der Waals surface area contributed by atoms with Crippen LogP contribution in [0, 0.1) is 6.92 Å². The van der Waals surface area contributed by atoms with Crippen molar-refractivity contribution in [1.82, 2.24) is 25.1 Å². The van der Waals surface area contributed by atoms with E-state index in [-0.39, 0.29) is 0 Å². The SMILES string of the molecule is COc1ccc2c(n1)CNCc1nnc(-c3ccc(-c4ccccc4C)cc3)n1-2. The van der Waals surface area contributed by atoms with Crippen molar-refractivity contribution >= 4 is 0 Å². The molecule has 2 aromatic carbocycles. The summed E-state index contributed by atoms with van der Waals surface area (Å²) in [6.45, 7) is 3.42. The van der Waals surface area contributed by atoms with Crippen molar-refractivity contribution in [2.75, 3.05) is 7.11 Å². The average Bonchev–Trinajstić information content (AvgIpc) is 3.09. The predicted molar refractivity (Wildman–Crippen MR) is 112 cm³/mol. The van der Waals surface area contributed by atoms with E-state index >= 15 is 0 Å². The van der Waals surface area contributed by atoms with E-state index in [0.29, 0.717) is 19.0 Å². The first-order valence-corrected chi connectivity index (χ1v) is 9.60. The van der Waals surface area contributed by atoms with Crippen LogP contribution < -0.4 is 10.1 Å². The summed E-state index contributed by atoms with van der Waals surface area (Å²) < 4.78 is 7.38. The van der Waals surface area contributed by atoms with Gasteiger partial charge in [-0.05, 0) is 29.7 Å². The Hall–Kier alpha value is -3.51. The number of rotatable bonds is 3. The minimum absolute atomic E-state index is 0.603. The molecule has 5 rings (SSSR count). The molecule has 0 unspecified atom stereocenters. The molecule has 6 nitrogen and oxygen atoms in total. The second-order valence-corrected chi connectivity index (χ2v) is 7.09. The Labute approximate surface area is 169 Å². The van der Waals surface area contributed by atoms with E-state index in [1.807, 2.05) is 12.1 Å². The Morgan fingerprint density at radius 2 is 1.69 bits per heavy atom. The molecule has 3 heterocycles. The molecule has 6 heteroatoms. The smallest absolute Gasteiger partial charge is 0.213 e. The lowest BCUT2D eigenvalue weighted by atomic mass is 9.99. The molecule has 1 N–H and O–H groups in total. The molecule has 4 aromatic rings. The monoisotopic (exact) mass is 383 g/mol. The van der Waals surface area contributed by atoms with Gasteiger partial charge in [-0.25, -0.2) is 4.98 Å². The second kappa shape index (κ2) is 7.14. The minimum Gasteiger partial charge on any atom is -0.481 e. The van der Waals surface area contributed by atoms with Gasteiger partial charge in [0.2, 0.25) is 5.88 Å². The van der Waals surface area contributed by atoms with Gasteiger partial charge >= 0.3 is 0 Å². The number of pyridine rings is 1. The highest BCUT2D eigenvalue weighted by Crippen LogP contribution is 2.30. The highest BCUT2D eigenvalue weighted by Gasteiger charge is 2.21. The lowest BCUT2D eigenvalue weighted by Gasteiger charge is -2.12. The van der Waals surface area contributed by atoms with Gasteiger partial charge in [0.05, 0.1) is 25.0 Å². The van der Waals surface area contributed by atoms with Crippen LogP contribution in [0.1, 0.15) is 17.1 Å². The molecule has 0 atom stereocenters. The molecule has 29 heavy (non-hydrogen) atoms. The van der Waals surface area contributed by atoms with Crippen LogP contribution in [0.3, 0.4) is 0 Å². The van der Waals surface area contributed by atoms with Crippen LogP contribution in [0.2, 0.25) is 0 Å². The summed E-state index contributed by atoms with van der Waals surface area (Å²) in [5.41, 5.74) is 6.61. The van der Waals surface area contributed by atoms with E-state index in [9.17, 15) is 0 Å². The Bertz CT molecular complexity index is 1180. The van der Waals surface area contributed by atoms with Gasteiger partial charge in [-0.2, -0.15) is 0 Å². The summed E-state index contributed by atoms with van der Waals surface area (Å²) in [5, 5.41) is 12.3. The number of hydrogen-bond acceptors (Lipinski definition) is 5. The minimum atomic E-state index is 0.603. The first kappa shape index (κ1) is 17.6. The zero-order valence-corrected chi connectivity index (χ0v) is 16.4. The number of nitrogens with one attached hydrogen (secondary N) is 1. The first-order chi connectivity index (χ1) is 14.2. The van der Waals surface area contributed by atoms with Crippen LogP contribution in [0.25, 0.3) is 28.2 Å². The van der Waals surface area contributed by atoms with Gasteiger partial charge in [0.25, 0.3) is 0 Å². The summed E-state index contributed by atoms with van der Waals surface area (Å²) in [4.78, 5) is 4.61. The van der Waals surface area contributed by atoms with Crippen molar-refractivity contribution in [2.24, 2.45) is 0 Å². The molecule has 0 saturated carbocycles. The molecule has 0 radical (unpaired) electrons. The Balaban J connectivity index is 1.59. The van der Waals surface area contributed by atoms with Crippen LogP contribution in [0.15, 0.2) is 60.7 Å². The number of methoxy groups -OCH3 is 1. The third-order valence-electron chi connectivity index (χ3n) is 5.28. The topological polar surface area (TPSA) is 64.9 Å². The van der Waals surface area contributed by atoms with Crippen LogP contribution in [-0.4, -0.2) is 26.9 Å². The number of aromatic nitrogens is 4. The number of hydrogen-bond donors (Lipinski definition) is 1. The van der Waals surface area contributed by atoms with Gasteiger partial charge in [0.1, 0.15) is 0 Å². The number of benzene rings is 2. The van der Waals surface area contributed by atoms with Crippen LogP contribution >= 0.6 is 0 Å². The molecule has 0 bridgehead atoms. The average molecular weight is 383 g/mol. The fourth-order valence-corrected chi connectivity index (χ4v) is 3.78. The van der Waals surface area contributed by atoms with E-state index in [4.69, 9.17) is 4.74 Å². The van der Waals surface area contributed by atoms with Crippen molar-refractivity contribution < 1.29 is 4.74 Å². The quantitative estimate of drug-likeness (QED) is 0.581. The zero-order chi connectivity index (χ0) is 19.8. The van der Waals surface area contributed by atoms with Gasteiger partial charge in [-0.3, -0.25) is 4.57 Å². The predicted octanol–water partition coefficient (Wildman–Crippen LogP) is 3.92. The van der Waals surface area contributed by atoms with Crippen molar-refractivity contribution in [3.8, 4) is 34.1 Å². The lowest BCUT2D eigenvalue weighted by Crippen LogP contribution is -2.12. The summed E-state index contributed by atoms with van der Waals surface area (Å²) in [7, 11) is 1.63. The van der Waals surface area contributed by atoms with Gasteiger partial charge < -0.3 is 10.1 Å². The lowest BCUT2D eigenvalue weighted by molar-refractivity contribution is 0.395. The van der Waals surface area contributed by atoms with E-state index in [2.05, 4.69) is 80.5 Å². The maximum absolute atomic E-state index is 5.29. The number of ether oxygens (including phenoxy) is 1. The summed E-state index contributed by atoms with van der Waals surface area (Å²) >= 11 is 0. The molecular formula is C23H21N5O. The number of nitrogens with zero attached hydrogens (tertiary/aromatic N) is 4. The highest BCUT2D eigenvalue weighted by molar-refractivity contribution is 5.71. The van der Waals surface area contributed by atoms with Crippen molar-refractivity contribution in [2.45, 2.75) is 20.0 Å². The summed E-state index contributed by atoms with van der Waals surface area (Å²) in [6, 6.07) is 20.8. The van der Waals surface area contributed by atoms with Crippen LogP contribution in [0.5, 0.6) is 5.88 Å². The molecule has 2 aromatic heterocycles. The molecule has 0 amide bonds. The molecule has 1 aliphatic heterocycles. The molecule has 1 aliphatic rings.